The molecule has 0 aromatic rings. The van der Waals surface area contributed by atoms with Gasteiger partial charge in [-0.1, -0.05) is 27.7 Å². The number of unbranched alkanes of at least 4 members (excludes halogenated alkanes) is 1. The monoisotopic (exact) mass is 255 g/mol. The first-order valence-corrected chi connectivity index (χ1v) is 9.62. The van der Waals surface area contributed by atoms with Crippen molar-refractivity contribution in [2.75, 3.05) is 6.61 Å². The van der Waals surface area contributed by atoms with Crippen LogP contribution in [0.5, 0.6) is 0 Å². The highest BCUT2D eigenvalue weighted by Crippen LogP contribution is 2.36. The van der Waals surface area contributed by atoms with Crippen LogP contribution in [0.4, 0.5) is 0 Å². The number of nitriles is 1. The van der Waals surface area contributed by atoms with Crippen molar-refractivity contribution in [3.05, 3.63) is 0 Å². The van der Waals surface area contributed by atoms with Gasteiger partial charge in [0.05, 0.1) is 6.07 Å². The maximum absolute atomic E-state index is 8.48. The fourth-order valence-electron chi connectivity index (χ4n) is 1.41. The van der Waals surface area contributed by atoms with Crippen LogP contribution in [0.15, 0.2) is 0 Å². The fourth-order valence-corrected chi connectivity index (χ4v) is 2.47. The van der Waals surface area contributed by atoms with E-state index in [-0.39, 0.29) is 0 Å². The number of rotatable bonds is 7. The van der Waals surface area contributed by atoms with Crippen molar-refractivity contribution >= 4 is 8.32 Å². The smallest absolute Gasteiger partial charge is 0.191 e. The van der Waals surface area contributed by atoms with E-state index < -0.39 is 8.32 Å². The lowest BCUT2D eigenvalue weighted by Gasteiger charge is -2.36. The van der Waals surface area contributed by atoms with Crippen molar-refractivity contribution in [2.24, 2.45) is 5.92 Å². The van der Waals surface area contributed by atoms with E-state index in [0.29, 0.717) is 17.4 Å². The zero-order chi connectivity index (χ0) is 13.5. The zero-order valence-electron chi connectivity index (χ0n) is 12.5. The van der Waals surface area contributed by atoms with Crippen LogP contribution in [0, 0.1) is 17.2 Å². The first kappa shape index (κ1) is 16.7. The van der Waals surface area contributed by atoms with Crippen LogP contribution in [0.1, 0.15) is 53.4 Å². The van der Waals surface area contributed by atoms with Gasteiger partial charge in [-0.15, -0.1) is 0 Å². The quantitative estimate of drug-likeness (QED) is 0.487. The average molecular weight is 255 g/mol. The third-order valence-corrected chi connectivity index (χ3v) is 8.40. The minimum Gasteiger partial charge on any atom is -0.417 e. The Morgan fingerprint density at radius 1 is 1.24 bits per heavy atom. The van der Waals surface area contributed by atoms with E-state index in [1.807, 2.05) is 0 Å². The van der Waals surface area contributed by atoms with Crippen molar-refractivity contribution in [3.8, 4) is 6.07 Å². The Labute approximate surface area is 108 Å². The Morgan fingerprint density at radius 2 is 1.82 bits per heavy atom. The lowest BCUT2D eigenvalue weighted by Crippen LogP contribution is -2.41. The Morgan fingerprint density at radius 3 is 2.29 bits per heavy atom. The summed E-state index contributed by atoms with van der Waals surface area (Å²) in [7, 11) is -1.56. The van der Waals surface area contributed by atoms with Crippen LogP contribution < -0.4 is 0 Å². The molecular weight excluding hydrogens is 226 g/mol. The van der Waals surface area contributed by atoms with Crippen LogP contribution in [0.3, 0.4) is 0 Å². The third kappa shape index (κ3) is 6.85. The van der Waals surface area contributed by atoms with Crippen molar-refractivity contribution in [1.82, 2.24) is 0 Å². The van der Waals surface area contributed by atoms with Gasteiger partial charge in [0.25, 0.3) is 0 Å². The molecule has 0 unspecified atom stereocenters. The van der Waals surface area contributed by atoms with Gasteiger partial charge >= 0.3 is 0 Å². The Kier molecular flexibility index (Phi) is 7.04. The van der Waals surface area contributed by atoms with Crippen LogP contribution in [0.25, 0.3) is 0 Å². The molecule has 0 radical (unpaired) electrons. The Balaban J connectivity index is 3.80. The molecule has 3 heteroatoms. The molecule has 0 bridgehead atoms. The molecule has 0 fully saturated rings. The van der Waals surface area contributed by atoms with Gasteiger partial charge < -0.3 is 4.43 Å². The summed E-state index contributed by atoms with van der Waals surface area (Å²) >= 11 is 0. The molecule has 100 valence electrons. The van der Waals surface area contributed by atoms with Crippen molar-refractivity contribution in [3.63, 3.8) is 0 Å². The molecule has 0 rings (SSSR count). The molecule has 0 aromatic carbocycles. The largest absolute Gasteiger partial charge is 0.417 e. The maximum atomic E-state index is 8.48. The Bertz CT molecular complexity index is 250. The predicted octanol–water partition coefficient (Wildman–Crippen LogP) is 4.73. The molecule has 0 aromatic heterocycles. The average Bonchev–Trinajstić information content (AvgIpc) is 2.16. The van der Waals surface area contributed by atoms with Crippen molar-refractivity contribution in [1.29, 1.82) is 5.26 Å². The van der Waals surface area contributed by atoms with E-state index in [9.17, 15) is 0 Å². The first-order chi connectivity index (χ1) is 7.70. The Hall–Kier alpha value is -0.333. The molecule has 1 atom stereocenters. The van der Waals surface area contributed by atoms with Gasteiger partial charge in [0.15, 0.2) is 8.32 Å². The lowest BCUT2D eigenvalue weighted by atomic mass is 10.0. The maximum Gasteiger partial charge on any atom is 0.191 e. The summed E-state index contributed by atoms with van der Waals surface area (Å²) in [5.74, 6) is 0.674. The van der Waals surface area contributed by atoms with Gasteiger partial charge in [-0.05, 0) is 43.3 Å². The fraction of sp³-hybridized carbons (Fsp3) is 0.929. The lowest BCUT2D eigenvalue weighted by molar-refractivity contribution is 0.255. The van der Waals surface area contributed by atoms with Gasteiger partial charge in [-0.3, -0.25) is 0 Å². The van der Waals surface area contributed by atoms with Crippen molar-refractivity contribution in [2.45, 2.75) is 71.5 Å². The summed E-state index contributed by atoms with van der Waals surface area (Å²) < 4.78 is 6.14. The summed E-state index contributed by atoms with van der Waals surface area (Å²) in [6.07, 6.45) is 3.98. The molecule has 0 aliphatic rings. The number of nitrogens with zero attached hydrogens (tertiary/aromatic N) is 1. The van der Waals surface area contributed by atoms with E-state index in [1.54, 1.807) is 0 Å². The summed E-state index contributed by atoms with van der Waals surface area (Å²) in [6.45, 7) is 14.6. The van der Waals surface area contributed by atoms with Gasteiger partial charge in [-0.25, -0.2) is 0 Å². The second-order valence-corrected chi connectivity index (χ2v) is 11.4. The molecule has 0 spiro atoms. The van der Waals surface area contributed by atoms with Gasteiger partial charge in [0.1, 0.15) is 0 Å². The zero-order valence-corrected chi connectivity index (χ0v) is 13.5. The molecule has 0 aliphatic heterocycles. The van der Waals surface area contributed by atoms with E-state index in [4.69, 9.17) is 9.69 Å². The molecular formula is C14H29NOSi. The van der Waals surface area contributed by atoms with Crippen LogP contribution in [-0.2, 0) is 4.43 Å². The topological polar surface area (TPSA) is 33.0 Å². The number of hydrogen-bond acceptors (Lipinski definition) is 2. The third-order valence-electron chi connectivity index (χ3n) is 3.87. The second kappa shape index (κ2) is 7.18. The summed E-state index contributed by atoms with van der Waals surface area (Å²) in [6, 6.07) is 2.20. The van der Waals surface area contributed by atoms with E-state index in [2.05, 4.69) is 46.9 Å². The molecule has 0 N–H and O–H groups in total. The second-order valence-electron chi connectivity index (χ2n) is 6.55. The minimum atomic E-state index is -1.56. The molecule has 2 nitrogen and oxygen atoms in total. The standard InChI is InChI=1S/C14H29NOSi/c1-13(9-7-8-11-15)10-12-16-17(5,6)14(2,3)4/h13H,7-10,12H2,1-6H3/t13-/m0/s1. The van der Waals surface area contributed by atoms with Gasteiger partial charge in [0, 0.05) is 13.0 Å². The SMILES string of the molecule is C[C@@H](CCCC#N)CCO[Si](C)(C)C(C)(C)C. The highest BCUT2D eigenvalue weighted by Gasteiger charge is 2.36. The van der Waals surface area contributed by atoms with Crippen LogP contribution in [0.2, 0.25) is 18.1 Å². The first-order valence-electron chi connectivity index (χ1n) is 6.71. The van der Waals surface area contributed by atoms with Gasteiger partial charge in [-0.2, -0.15) is 5.26 Å². The summed E-state index contributed by atoms with van der Waals surface area (Å²) in [4.78, 5) is 0. The van der Waals surface area contributed by atoms with Gasteiger partial charge in [0.2, 0.25) is 0 Å². The minimum absolute atomic E-state index is 0.303. The molecule has 0 heterocycles. The molecule has 0 aliphatic carbocycles. The van der Waals surface area contributed by atoms with Crippen LogP contribution in [-0.4, -0.2) is 14.9 Å². The molecule has 0 amide bonds. The van der Waals surface area contributed by atoms with E-state index in [1.165, 1.54) is 0 Å². The van der Waals surface area contributed by atoms with E-state index in [0.717, 1.165) is 25.9 Å². The summed E-state index contributed by atoms with van der Waals surface area (Å²) in [5.41, 5.74) is 0. The highest BCUT2D eigenvalue weighted by molar-refractivity contribution is 6.74. The predicted molar refractivity (Wildman–Crippen MR) is 76.4 cm³/mol. The number of hydrogen-bond donors (Lipinski definition) is 0. The molecule has 17 heavy (non-hydrogen) atoms. The van der Waals surface area contributed by atoms with Crippen molar-refractivity contribution < 1.29 is 4.43 Å². The van der Waals surface area contributed by atoms with Crippen LogP contribution >= 0.6 is 0 Å². The highest BCUT2D eigenvalue weighted by atomic mass is 28.4. The van der Waals surface area contributed by atoms with E-state index >= 15 is 0 Å². The molecule has 0 saturated carbocycles. The summed E-state index contributed by atoms with van der Waals surface area (Å²) in [5, 5.41) is 8.78. The normalized spacial score (nSPS) is 14.4. The molecule has 0 saturated heterocycles.